The van der Waals surface area contributed by atoms with E-state index in [0.717, 1.165) is 31.4 Å². The predicted octanol–water partition coefficient (Wildman–Crippen LogP) is 0.896. The summed E-state index contributed by atoms with van der Waals surface area (Å²) in [6.07, 6.45) is 2.46. The van der Waals surface area contributed by atoms with Gasteiger partial charge in [0.15, 0.2) is 11.8 Å². The van der Waals surface area contributed by atoms with Gasteiger partial charge in [0, 0.05) is 11.7 Å². The number of esters is 1. The molecule has 1 saturated carbocycles. The Morgan fingerprint density at radius 3 is 2.82 bits per heavy atom. The molecule has 0 saturated heterocycles. The highest BCUT2D eigenvalue weighted by atomic mass is 16.5. The summed E-state index contributed by atoms with van der Waals surface area (Å²) in [5.74, 6) is -1.38. The van der Waals surface area contributed by atoms with Gasteiger partial charge in [-0.25, -0.2) is 9.59 Å². The summed E-state index contributed by atoms with van der Waals surface area (Å²) in [5, 5.41) is 11.3. The minimum atomic E-state index is -1.08. The van der Waals surface area contributed by atoms with Crippen LogP contribution in [-0.2, 0) is 16.0 Å². The number of urea groups is 1. The molecule has 8 nitrogen and oxygen atoms in total. The van der Waals surface area contributed by atoms with E-state index in [9.17, 15) is 14.4 Å². The fourth-order valence-corrected chi connectivity index (χ4v) is 1.80. The second-order valence-corrected chi connectivity index (χ2v) is 5.31. The lowest BCUT2D eigenvalue weighted by molar-refractivity contribution is -0.127. The number of ether oxygens (including phenoxy) is 1. The number of imide groups is 1. The molecule has 8 heteroatoms. The number of hydrogen-bond donors (Lipinski definition) is 3. The van der Waals surface area contributed by atoms with Gasteiger partial charge in [0.05, 0.1) is 0 Å². The number of hydrogen-bond acceptors (Lipinski definition) is 5. The van der Waals surface area contributed by atoms with Crippen molar-refractivity contribution in [2.24, 2.45) is 0 Å². The standard InChI is InChI=1S/C14H20N4O4/c1-3-4-10-7-11(18-17-10)13(20)22-8(2)12(19)16-14(21)15-9-5-6-9/h7-9H,3-6H2,1-2H3,(H,17,18)(H2,15,16,19,21). The third-order valence-electron chi connectivity index (χ3n) is 3.16. The van der Waals surface area contributed by atoms with E-state index >= 15 is 0 Å². The smallest absolute Gasteiger partial charge is 0.359 e. The molecule has 1 aromatic heterocycles. The Morgan fingerprint density at radius 1 is 1.45 bits per heavy atom. The van der Waals surface area contributed by atoms with E-state index < -0.39 is 24.0 Å². The number of aromatic nitrogens is 2. The summed E-state index contributed by atoms with van der Waals surface area (Å²) in [6, 6.07) is 1.17. The third kappa shape index (κ3) is 4.57. The maximum atomic E-state index is 11.9. The Hall–Kier alpha value is -2.38. The molecule has 1 unspecified atom stereocenters. The lowest BCUT2D eigenvalue weighted by atomic mass is 10.2. The Bertz CT molecular complexity index is 565. The fraction of sp³-hybridized carbons (Fsp3) is 0.571. The number of H-pyrrole nitrogens is 1. The van der Waals surface area contributed by atoms with E-state index in [-0.39, 0.29) is 11.7 Å². The van der Waals surface area contributed by atoms with E-state index in [1.807, 2.05) is 6.92 Å². The zero-order chi connectivity index (χ0) is 16.1. The van der Waals surface area contributed by atoms with Crippen LogP contribution in [0.15, 0.2) is 6.07 Å². The zero-order valence-corrected chi connectivity index (χ0v) is 12.6. The molecular weight excluding hydrogens is 288 g/mol. The summed E-state index contributed by atoms with van der Waals surface area (Å²) in [6.45, 7) is 3.41. The van der Waals surface area contributed by atoms with Crippen LogP contribution in [0, 0.1) is 0 Å². The summed E-state index contributed by atoms with van der Waals surface area (Å²) in [5.41, 5.74) is 0.945. The van der Waals surface area contributed by atoms with Crippen molar-refractivity contribution in [1.29, 1.82) is 0 Å². The largest absolute Gasteiger partial charge is 0.448 e. The highest BCUT2D eigenvalue weighted by Crippen LogP contribution is 2.18. The minimum absolute atomic E-state index is 0.116. The summed E-state index contributed by atoms with van der Waals surface area (Å²) in [7, 11) is 0. The molecule has 22 heavy (non-hydrogen) atoms. The molecule has 0 spiro atoms. The van der Waals surface area contributed by atoms with E-state index in [1.165, 1.54) is 6.92 Å². The van der Waals surface area contributed by atoms with Crippen molar-refractivity contribution in [3.05, 3.63) is 17.5 Å². The third-order valence-corrected chi connectivity index (χ3v) is 3.16. The highest BCUT2D eigenvalue weighted by Gasteiger charge is 2.26. The predicted molar refractivity (Wildman–Crippen MR) is 77.2 cm³/mol. The zero-order valence-electron chi connectivity index (χ0n) is 12.6. The van der Waals surface area contributed by atoms with Crippen LogP contribution < -0.4 is 10.6 Å². The van der Waals surface area contributed by atoms with E-state index in [2.05, 4.69) is 20.8 Å². The van der Waals surface area contributed by atoms with Gasteiger partial charge in [-0.15, -0.1) is 0 Å². The first-order chi connectivity index (χ1) is 10.5. The molecule has 1 heterocycles. The quantitative estimate of drug-likeness (QED) is 0.676. The summed E-state index contributed by atoms with van der Waals surface area (Å²) < 4.78 is 5.00. The van der Waals surface area contributed by atoms with Crippen LogP contribution in [-0.4, -0.2) is 40.3 Å². The lowest BCUT2D eigenvalue weighted by Gasteiger charge is -2.12. The molecule has 1 fully saturated rings. The van der Waals surface area contributed by atoms with Crippen LogP contribution in [0.5, 0.6) is 0 Å². The van der Waals surface area contributed by atoms with Gasteiger partial charge >= 0.3 is 12.0 Å². The molecule has 2 rings (SSSR count). The highest BCUT2D eigenvalue weighted by molar-refractivity contribution is 5.98. The average molecular weight is 308 g/mol. The van der Waals surface area contributed by atoms with Gasteiger partial charge in [0.1, 0.15) is 0 Å². The summed E-state index contributed by atoms with van der Waals surface area (Å²) in [4.78, 5) is 35.1. The van der Waals surface area contributed by atoms with Crippen molar-refractivity contribution in [1.82, 2.24) is 20.8 Å². The van der Waals surface area contributed by atoms with Gasteiger partial charge in [0.25, 0.3) is 5.91 Å². The SMILES string of the molecule is CCCc1cc(C(=O)OC(C)C(=O)NC(=O)NC2CC2)n[nH]1. The molecule has 1 aliphatic carbocycles. The van der Waals surface area contributed by atoms with Crippen LogP contribution in [0.25, 0.3) is 0 Å². The molecule has 0 aromatic carbocycles. The number of nitrogens with zero attached hydrogens (tertiary/aromatic N) is 1. The van der Waals surface area contributed by atoms with Crippen molar-refractivity contribution in [2.45, 2.75) is 51.7 Å². The Morgan fingerprint density at radius 2 is 2.18 bits per heavy atom. The first-order valence-electron chi connectivity index (χ1n) is 7.36. The van der Waals surface area contributed by atoms with Gasteiger partial charge in [-0.2, -0.15) is 5.10 Å². The van der Waals surface area contributed by atoms with Gasteiger partial charge < -0.3 is 10.1 Å². The van der Waals surface area contributed by atoms with E-state index in [4.69, 9.17) is 4.74 Å². The lowest BCUT2D eigenvalue weighted by Crippen LogP contribution is -2.45. The fourth-order valence-electron chi connectivity index (χ4n) is 1.80. The van der Waals surface area contributed by atoms with Gasteiger partial charge in [0.2, 0.25) is 0 Å². The van der Waals surface area contributed by atoms with Crippen LogP contribution in [0.2, 0.25) is 0 Å². The van der Waals surface area contributed by atoms with Gasteiger partial charge in [-0.05, 0) is 32.3 Å². The van der Waals surface area contributed by atoms with Crippen LogP contribution in [0.1, 0.15) is 49.3 Å². The second-order valence-electron chi connectivity index (χ2n) is 5.31. The minimum Gasteiger partial charge on any atom is -0.448 e. The first-order valence-corrected chi connectivity index (χ1v) is 7.36. The monoisotopic (exact) mass is 308 g/mol. The molecule has 1 atom stereocenters. The Labute approximate surface area is 128 Å². The topological polar surface area (TPSA) is 113 Å². The maximum absolute atomic E-state index is 11.9. The van der Waals surface area contributed by atoms with Crippen LogP contribution in [0.4, 0.5) is 4.79 Å². The summed E-state index contributed by atoms with van der Waals surface area (Å²) >= 11 is 0. The number of aryl methyl sites for hydroxylation is 1. The van der Waals surface area contributed by atoms with Gasteiger partial charge in [-0.1, -0.05) is 13.3 Å². The molecule has 120 valence electrons. The van der Waals surface area contributed by atoms with Crippen LogP contribution >= 0.6 is 0 Å². The maximum Gasteiger partial charge on any atom is 0.359 e. The number of nitrogens with one attached hydrogen (secondary N) is 3. The number of aromatic amines is 1. The van der Waals surface area contributed by atoms with Crippen molar-refractivity contribution in [2.75, 3.05) is 0 Å². The van der Waals surface area contributed by atoms with Gasteiger partial charge in [-0.3, -0.25) is 15.2 Å². The van der Waals surface area contributed by atoms with Crippen molar-refractivity contribution >= 4 is 17.9 Å². The molecular formula is C14H20N4O4. The average Bonchev–Trinajstić information content (AvgIpc) is 3.14. The van der Waals surface area contributed by atoms with Crippen molar-refractivity contribution < 1.29 is 19.1 Å². The van der Waals surface area contributed by atoms with Crippen LogP contribution in [0.3, 0.4) is 0 Å². The second kappa shape index (κ2) is 7.06. The number of carbonyl (C=O) groups excluding carboxylic acids is 3. The molecule has 1 aliphatic rings. The normalized spacial score (nSPS) is 15.0. The number of rotatable bonds is 6. The number of carbonyl (C=O) groups is 3. The Kier molecular flexibility index (Phi) is 5.13. The molecule has 0 bridgehead atoms. The van der Waals surface area contributed by atoms with E-state index in [0.29, 0.717) is 0 Å². The molecule has 3 amide bonds. The molecule has 0 aliphatic heterocycles. The Balaban J connectivity index is 1.81. The van der Waals surface area contributed by atoms with Crippen molar-refractivity contribution in [3.63, 3.8) is 0 Å². The number of amides is 3. The van der Waals surface area contributed by atoms with E-state index in [1.54, 1.807) is 6.07 Å². The molecule has 0 radical (unpaired) electrons. The first kappa shape index (κ1) is 16.0. The molecule has 3 N–H and O–H groups in total. The molecule has 1 aromatic rings. The van der Waals surface area contributed by atoms with Crippen molar-refractivity contribution in [3.8, 4) is 0 Å².